The van der Waals surface area contributed by atoms with E-state index in [4.69, 9.17) is 11.6 Å². The first-order chi connectivity index (χ1) is 2.27. The average molecular weight is 130 g/mol. The molecule has 0 aliphatic carbocycles. The standard InChI is InChI=1S/C2H4ClO.V/c1-2(3)4;/h2H,1H3;/q-1;+1. The van der Waals surface area contributed by atoms with Crippen LogP contribution in [-0.4, -0.2) is 5.56 Å². The maximum atomic E-state index is 5.22. The molecule has 0 radical (unpaired) electrons. The van der Waals surface area contributed by atoms with E-state index in [9.17, 15) is 0 Å². The van der Waals surface area contributed by atoms with Gasteiger partial charge in [-0.25, -0.2) is 0 Å². The molecule has 0 aliphatic heterocycles. The van der Waals surface area contributed by atoms with Gasteiger partial charge in [-0.1, -0.05) is 0 Å². The van der Waals surface area contributed by atoms with E-state index in [1.54, 1.807) is 6.92 Å². The van der Waals surface area contributed by atoms with E-state index in [1.807, 2.05) is 17.8 Å². The van der Waals surface area contributed by atoms with Gasteiger partial charge in [-0.3, -0.25) is 0 Å². The monoisotopic (exact) mass is 130 g/mol. The third-order valence-electron chi connectivity index (χ3n) is 0.145. The third-order valence-corrected chi connectivity index (χ3v) is 0.927. The van der Waals surface area contributed by atoms with Crippen LogP contribution in [0.5, 0.6) is 0 Å². The van der Waals surface area contributed by atoms with Crippen molar-refractivity contribution < 1.29 is 21.4 Å². The molecule has 0 N–H and O–H groups in total. The van der Waals surface area contributed by atoms with Crippen molar-refractivity contribution in [3.05, 3.63) is 0 Å². The molecule has 0 bridgehead atoms. The van der Waals surface area contributed by atoms with Crippen LogP contribution in [0.4, 0.5) is 0 Å². The van der Waals surface area contributed by atoms with E-state index >= 15 is 0 Å². The molecule has 0 saturated heterocycles. The summed E-state index contributed by atoms with van der Waals surface area (Å²) >= 11 is 7.16. The van der Waals surface area contributed by atoms with E-state index in [1.165, 1.54) is 0 Å². The normalized spacial score (nSPS) is 14.8. The molecular formula is C2H4ClOV. The second kappa shape index (κ2) is 3.04. The summed E-state index contributed by atoms with van der Waals surface area (Å²) in [7, 11) is 0. The van der Waals surface area contributed by atoms with Gasteiger partial charge in [0.05, 0.1) is 0 Å². The van der Waals surface area contributed by atoms with Gasteiger partial charge in [-0.05, 0) is 0 Å². The minimum atomic E-state index is -0.171. The molecule has 3 heteroatoms. The maximum absolute atomic E-state index is 5.22. The van der Waals surface area contributed by atoms with Crippen molar-refractivity contribution in [3.63, 3.8) is 0 Å². The molecular weight excluding hydrogens is 126 g/mol. The van der Waals surface area contributed by atoms with Crippen molar-refractivity contribution >= 4 is 11.6 Å². The fourth-order valence-electron chi connectivity index (χ4n) is 0. The Morgan fingerprint density at radius 3 is 2.20 bits per heavy atom. The summed E-state index contributed by atoms with van der Waals surface area (Å²) in [5.41, 5.74) is -0.171. The van der Waals surface area contributed by atoms with Crippen LogP contribution in [-0.2, 0) is 21.4 Å². The molecule has 1 unspecified atom stereocenters. The second-order valence-electron chi connectivity index (χ2n) is 0.648. The van der Waals surface area contributed by atoms with Gasteiger partial charge in [0.15, 0.2) is 0 Å². The van der Waals surface area contributed by atoms with E-state index in [-0.39, 0.29) is 5.56 Å². The number of hydrogen-bond donors (Lipinski definition) is 0. The van der Waals surface area contributed by atoms with E-state index in [0.29, 0.717) is 0 Å². The minimum absolute atomic E-state index is 0.171. The Hall–Kier alpha value is 0.834. The van der Waals surface area contributed by atoms with Crippen LogP contribution in [0.3, 0.4) is 0 Å². The van der Waals surface area contributed by atoms with Gasteiger partial charge < -0.3 is 0 Å². The van der Waals surface area contributed by atoms with Crippen molar-refractivity contribution in [1.29, 1.82) is 0 Å². The molecule has 30 valence electrons. The van der Waals surface area contributed by atoms with Crippen LogP contribution >= 0.6 is 11.6 Å². The molecule has 0 aromatic carbocycles. The molecule has 0 spiro atoms. The Bertz CT molecular complexity index is 23.6. The first-order valence-corrected chi connectivity index (χ1v) is 2.22. The molecule has 0 saturated carbocycles. The number of rotatable bonds is 1. The summed E-state index contributed by atoms with van der Waals surface area (Å²) in [6, 6.07) is 0. The van der Waals surface area contributed by atoms with Gasteiger partial charge in [0.2, 0.25) is 0 Å². The molecule has 0 fully saturated rings. The molecule has 1 atom stereocenters. The average Bonchev–Trinajstić information content (AvgIpc) is 1.38. The van der Waals surface area contributed by atoms with Gasteiger partial charge in [0.25, 0.3) is 0 Å². The fourth-order valence-corrected chi connectivity index (χ4v) is 0. The van der Waals surface area contributed by atoms with Crippen LogP contribution in [0.2, 0.25) is 0 Å². The number of halogens is 1. The van der Waals surface area contributed by atoms with Crippen molar-refractivity contribution in [2.45, 2.75) is 12.5 Å². The zero-order valence-corrected chi connectivity index (χ0v) is 4.96. The van der Waals surface area contributed by atoms with Crippen molar-refractivity contribution in [2.75, 3.05) is 0 Å². The van der Waals surface area contributed by atoms with Crippen LogP contribution in [0, 0.1) is 0 Å². The van der Waals surface area contributed by atoms with Gasteiger partial charge in [-0.15, -0.1) is 0 Å². The van der Waals surface area contributed by atoms with Gasteiger partial charge >= 0.3 is 45.5 Å². The van der Waals surface area contributed by atoms with Crippen LogP contribution in [0.25, 0.3) is 0 Å². The molecule has 0 aromatic heterocycles. The van der Waals surface area contributed by atoms with Crippen LogP contribution < -0.4 is 0 Å². The Morgan fingerprint density at radius 1 is 2.00 bits per heavy atom. The van der Waals surface area contributed by atoms with Gasteiger partial charge in [0, 0.05) is 0 Å². The Labute approximate surface area is 46.0 Å². The van der Waals surface area contributed by atoms with Crippen molar-refractivity contribution in [1.82, 2.24) is 0 Å². The predicted octanol–water partition coefficient (Wildman–Crippen LogP) is 1.05. The zero-order chi connectivity index (χ0) is 4.28. The summed E-state index contributed by atoms with van der Waals surface area (Å²) in [6.45, 7) is 1.75. The summed E-state index contributed by atoms with van der Waals surface area (Å²) < 4.78 is 4.45. The molecule has 0 amide bonds. The second-order valence-corrected chi connectivity index (χ2v) is 1.59. The van der Waals surface area contributed by atoms with Crippen LogP contribution in [0.1, 0.15) is 6.92 Å². The molecule has 0 aromatic rings. The van der Waals surface area contributed by atoms with Gasteiger partial charge in [0.1, 0.15) is 0 Å². The third kappa shape index (κ3) is 4.83. The predicted molar refractivity (Wildman–Crippen MR) is 16.4 cm³/mol. The summed E-state index contributed by atoms with van der Waals surface area (Å²) in [4.78, 5) is 0. The van der Waals surface area contributed by atoms with Crippen molar-refractivity contribution in [2.24, 2.45) is 0 Å². The molecule has 1 nitrogen and oxygen atoms in total. The molecule has 0 rings (SSSR count). The first-order valence-electron chi connectivity index (χ1n) is 1.21. The number of hydrogen-bond acceptors (Lipinski definition) is 1. The first kappa shape index (κ1) is 5.83. The van der Waals surface area contributed by atoms with Crippen molar-refractivity contribution in [3.8, 4) is 0 Å². The number of alkyl halides is 1. The topological polar surface area (TPSA) is 9.23 Å². The molecule has 5 heavy (non-hydrogen) atoms. The summed E-state index contributed by atoms with van der Waals surface area (Å²) in [5.74, 6) is 0. The van der Waals surface area contributed by atoms with Gasteiger partial charge in [-0.2, -0.15) is 0 Å². The quantitative estimate of drug-likeness (QED) is 0.482. The molecule has 0 heterocycles. The fraction of sp³-hybridized carbons (Fsp3) is 1.00. The Kier molecular flexibility index (Phi) is 3.55. The zero-order valence-electron chi connectivity index (χ0n) is 2.81. The van der Waals surface area contributed by atoms with E-state index in [0.717, 1.165) is 0 Å². The summed E-state index contributed by atoms with van der Waals surface area (Å²) in [5, 5.41) is 0. The Balaban J connectivity index is 2.54. The van der Waals surface area contributed by atoms with Crippen LogP contribution in [0.15, 0.2) is 0 Å². The SMILES string of the molecule is CC(Cl)[O][V]. The summed E-state index contributed by atoms with van der Waals surface area (Å²) in [6.07, 6.45) is 0. The Morgan fingerprint density at radius 2 is 2.20 bits per heavy atom. The van der Waals surface area contributed by atoms with E-state index in [2.05, 4.69) is 3.66 Å². The molecule has 0 aliphatic rings. The van der Waals surface area contributed by atoms with E-state index < -0.39 is 0 Å².